The van der Waals surface area contributed by atoms with Gasteiger partial charge in [-0.2, -0.15) is 5.10 Å². The van der Waals surface area contributed by atoms with Gasteiger partial charge in [-0.3, -0.25) is 14.3 Å². The molecule has 3 fully saturated rings. The van der Waals surface area contributed by atoms with Crippen LogP contribution in [0.2, 0.25) is 0 Å². The lowest BCUT2D eigenvalue weighted by Crippen LogP contribution is -2.36. The van der Waals surface area contributed by atoms with Gasteiger partial charge >= 0.3 is 0 Å². The number of nitrogens with zero attached hydrogens (tertiary/aromatic N) is 3. The highest BCUT2D eigenvalue weighted by Gasteiger charge is 2.49. The van der Waals surface area contributed by atoms with Crippen LogP contribution in [-0.2, 0) is 16.6 Å². The summed E-state index contributed by atoms with van der Waals surface area (Å²) in [5, 5.41) is 7.00. The topological polar surface area (TPSA) is 76.5 Å². The first-order chi connectivity index (χ1) is 11.5. The summed E-state index contributed by atoms with van der Waals surface area (Å²) in [6.07, 6.45) is 2.76. The summed E-state index contributed by atoms with van der Waals surface area (Å²) >= 11 is 0. The average molecular weight is 332 g/mol. The Balaban J connectivity index is 1.32. The zero-order chi connectivity index (χ0) is 16.8. The first-order valence-electron chi connectivity index (χ1n) is 8.71. The zero-order valence-electron chi connectivity index (χ0n) is 14.1. The van der Waals surface area contributed by atoms with Crippen LogP contribution in [0.1, 0.15) is 23.8 Å². The van der Waals surface area contributed by atoms with Crippen molar-refractivity contribution in [3.05, 3.63) is 18.0 Å². The molecule has 3 heterocycles. The van der Waals surface area contributed by atoms with Crippen molar-refractivity contribution in [2.45, 2.75) is 19.4 Å². The number of amides is 2. The molecule has 4 rings (SSSR count). The zero-order valence-corrected chi connectivity index (χ0v) is 14.1. The van der Waals surface area contributed by atoms with E-state index in [2.05, 4.69) is 17.3 Å². The molecule has 130 valence electrons. The Morgan fingerprint density at radius 1 is 1.42 bits per heavy atom. The number of hydrogen-bond acceptors (Lipinski definition) is 4. The summed E-state index contributed by atoms with van der Waals surface area (Å²) < 4.78 is 7.45. The molecule has 3 aliphatic rings. The SMILES string of the molecule is C[C@H]1C[C@@H]1C(=O)N1C[C@@H]2[C@@H](CNC(=O)c3ccnn3C)CO[C@@H]2C1. The van der Waals surface area contributed by atoms with Crippen LogP contribution in [0.25, 0.3) is 0 Å². The molecule has 7 nitrogen and oxygen atoms in total. The molecule has 1 aromatic heterocycles. The Bertz CT molecular complexity index is 658. The summed E-state index contributed by atoms with van der Waals surface area (Å²) in [5.41, 5.74) is 0.552. The van der Waals surface area contributed by atoms with Gasteiger partial charge < -0.3 is 15.0 Å². The van der Waals surface area contributed by atoms with Crippen LogP contribution in [0.3, 0.4) is 0 Å². The number of ether oxygens (including phenoxy) is 1. The van der Waals surface area contributed by atoms with E-state index in [1.165, 1.54) is 0 Å². The van der Waals surface area contributed by atoms with E-state index in [0.29, 0.717) is 37.2 Å². The molecule has 2 saturated heterocycles. The second-order valence-corrected chi connectivity index (χ2v) is 7.41. The van der Waals surface area contributed by atoms with Crippen molar-refractivity contribution in [3.63, 3.8) is 0 Å². The fraction of sp³-hybridized carbons (Fsp3) is 0.706. The lowest BCUT2D eigenvalue weighted by atomic mass is 9.93. The van der Waals surface area contributed by atoms with E-state index in [1.54, 1.807) is 24.0 Å². The van der Waals surface area contributed by atoms with Crippen LogP contribution in [0.5, 0.6) is 0 Å². The summed E-state index contributed by atoms with van der Waals surface area (Å²) in [6, 6.07) is 1.70. The normalized spacial score (nSPS) is 34.2. The van der Waals surface area contributed by atoms with Gasteiger partial charge in [0, 0.05) is 50.6 Å². The molecular formula is C17H24N4O3. The Morgan fingerprint density at radius 3 is 2.88 bits per heavy atom. The Morgan fingerprint density at radius 2 is 2.21 bits per heavy atom. The second kappa shape index (κ2) is 5.88. The van der Waals surface area contributed by atoms with E-state index in [4.69, 9.17) is 4.74 Å². The Hall–Kier alpha value is -1.89. The molecule has 5 atom stereocenters. The smallest absolute Gasteiger partial charge is 0.269 e. The molecule has 7 heteroatoms. The molecule has 24 heavy (non-hydrogen) atoms. The molecule has 1 aliphatic carbocycles. The minimum atomic E-state index is -0.115. The number of hydrogen-bond donors (Lipinski definition) is 1. The van der Waals surface area contributed by atoms with Gasteiger partial charge in [0.15, 0.2) is 0 Å². The predicted molar refractivity (Wildman–Crippen MR) is 86.1 cm³/mol. The highest BCUT2D eigenvalue weighted by molar-refractivity contribution is 5.92. The van der Waals surface area contributed by atoms with Crippen molar-refractivity contribution >= 4 is 11.8 Å². The first-order valence-corrected chi connectivity index (χ1v) is 8.71. The van der Waals surface area contributed by atoms with Gasteiger partial charge in [0.2, 0.25) is 5.91 Å². The molecule has 2 aliphatic heterocycles. The number of fused-ring (bicyclic) bond motifs is 1. The van der Waals surface area contributed by atoms with Gasteiger partial charge in [0.1, 0.15) is 5.69 Å². The second-order valence-electron chi connectivity index (χ2n) is 7.41. The maximum Gasteiger partial charge on any atom is 0.269 e. The van der Waals surface area contributed by atoms with Crippen LogP contribution in [-0.4, -0.2) is 58.8 Å². The number of carbonyl (C=O) groups is 2. The van der Waals surface area contributed by atoms with Gasteiger partial charge in [0.25, 0.3) is 5.91 Å². The highest BCUT2D eigenvalue weighted by Crippen LogP contribution is 2.41. The van der Waals surface area contributed by atoms with Crippen molar-refractivity contribution in [1.82, 2.24) is 20.0 Å². The fourth-order valence-corrected chi connectivity index (χ4v) is 4.00. The molecule has 0 spiro atoms. The first kappa shape index (κ1) is 15.6. The number of aryl methyl sites for hydroxylation is 1. The third-order valence-electron chi connectivity index (χ3n) is 5.76. The minimum Gasteiger partial charge on any atom is -0.376 e. The highest BCUT2D eigenvalue weighted by atomic mass is 16.5. The molecular weight excluding hydrogens is 308 g/mol. The summed E-state index contributed by atoms with van der Waals surface area (Å²) in [5.74, 6) is 1.53. The summed E-state index contributed by atoms with van der Waals surface area (Å²) in [4.78, 5) is 26.6. The third kappa shape index (κ3) is 2.70. The van der Waals surface area contributed by atoms with E-state index in [1.807, 2.05) is 4.90 Å². The minimum absolute atomic E-state index is 0.115. The maximum atomic E-state index is 12.4. The van der Waals surface area contributed by atoms with Gasteiger partial charge in [-0.15, -0.1) is 0 Å². The molecule has 0 radical (unpaired) electrons. The molecule has 2 amide bonds. The van der Waals surface area contributed by atoms with Crippen molar-refractivity contribution in [2.24, 2.45) is 30.7 Å². The van der Waals surface area contributed by atoms with Crippen LogP contribution in [0.4, 0.5) is 0 Å². The largest absolute Gasteiger partial charge is 0.376 e. The molecule has 0 aromatic carbocycles. The number of likely N-dealkylation sites (tertiary alicyclic amines) is 1. The standard InChI is InChI=1S/C17H24N4O3/c1-10-5-12(10)17(23)21-7-13-11(9-24-15(13)8-21)6-18-16(22)14-3-4-19-20(14)2/h3-4,10-13,15H,5-9H2,1-2H3,(H,18,22)/t10-,11-,12-,13+,15+/m0/s1. The summed E-state index contributed by atoms with van der Waals surface area (Å²) in [7, 11) is 1.75. The number of nitrogens with one attached hydrogen (secondary N) is 1. The third-order valence-corrected chi connectivity index (χ3v) is 5.76. The average Bonchev–Trinajstić information content (AvgIpc) is 2.94. The predicted octanol–water partition coefficient (Wildman–Crippen LogP) is 0.279. The van der Waals surface area contributed by atoms with Gasteiger partial charge in [-0.25, -0.2) is 0 Å². The monoisotopic (exact) mass is 332 g/mol. The fourth-order valence-electron chi connectivity index (χ4n) is 4.00. The molecule has 1 saturated carbocycles. The van der Waals surface area contributed by atoms with E-state index >= 15 is 0 Å². The van der Waals surface area contributed by atoms with E-state index in [0.717, 1.165) is 13.0 Å². The van der Waals surface area contributed by atoms with Crippen molar-refractivity contribution in [1.29, 1.82) is 0 Å². The van der Waals surface area contributed by atoms with Crippen molar-refractivity contribution in [3.8, 4) is 0 Å². The lowest BCUT2D eigenvalue weighted by Gasteiger charge is -2.20. The van der Waals surface area contributed by atoms with Gasteiger partial charge in [-0.1, -0.05) is 6.92 Å². The van der Waals surface area contributed by atoms with E-state index in [-0.39, 0.29) is 29.8 Å². The summed E-state index contributed by atoms with van der Waals surface area (Å²) in [6.45, 7) is 4.83. The van der Waals surface area contributed by atoms with Crippen molar-refractivity contribution in [2.75, 3.05) is 26.2 Å². The maximum absolute atomic E-state index is 12.4. The number of carbonyl (C=O) groups excluding carboxylic acids is 2. The van der Waals surface area contributed by atoms with E-state index < -0.39 is 0 Å². The lowest BCUT2D eigenvalue weighted by molar-refractivity contribution is -0.132. The van der Waals surface area contributed by atoms with Crippen LogP contribution >= 0.6 is 0 Å². The molecule has 1 N–H and O–H groups in total. The van der Waals surface area contributed by atoms with Crippen LogP contribution in [0, 0.1) is 23.7 Å². The quantitative estimate of drug-likeness (QED) is 0.859. The van der Waals surface area contributed by atoms with Gasteiger partial charge in [-0.05, 0) is 18.4 Å². The number of rotatable bonds is 4. The molecule has 0 unspecified atom stereocenters. The molecule has 0 bridgehead atoms. The van der Waals surface area contributed by atoms with E-state index in [9.17, 15) is 9.59 Å². The van der Waals surface area contributed by atoms with Crippen LogP contribution in [0.15, 0.2) is 12.3 Å². The van der Waals surface area contributed by atoms with Crippen molar-refractivity contribution < 1.29 is 14.3 Å². The Kier molecular flexibility index (Phi) is 3.83. The van der Waals surface area contributed by atoms with Gasteiger partial charge in [0.05, 0.1) is 12.7 Å². The van der Waals surface area contributed by atoms with Crippen LogP contribution < -0.4 is 5.32 Å². The number of aromatic nitrogens is 2. The Labute approximate surface area is 141 Å². The molecule has 1 aromatic rings.